The van der Waals surface area contributed by atoms with Crippen LogP contribution in [0.1, 0.15) is 16.7 Å². The molecule has 0 spiro atoms. The number of nitrogens with one attached hydrogen (secondary N) is 2. The van der Waals surface area contributed by atoms with Gasteiger partial charge in [-0.2, -0.15) is 0 Å². The van der Waals surface area contributed by atoms with Crippen molar-refractivity contribution >= 4 is 57.9 Å². The van der Waals surface area contributed by atoms with Gasteiger partial charge in [-0.15, -0.1) is 0 Å². The topological polar surface area (TPSA) is 78.4 Å². The van der Waals surface area contributed by atoms with E-state index >= 15 is 0 Å². The third-order valence-corrected chi connectivity index (χ3v) is 4.63. The van der Waals surface area contributed by atoms with E-state index in [1.807, 2.05) is 0 Å². The maximum Gasteiger partial charge on any atom is 0.257 e. The van der Waals surface area contributed by atoms with Crippen LogP contribution in [0.2, 0.25) is 10.0 Å². The van der Waals surface area contributed by atoms with Crippen molar-refractivity contribution < 1.29 is 14.7 Å². The first-order valence-electron chi connectivity index (χ1n) is 7.31. The predicted molar refractivity (Wildman–Crippen MR) is 97.2 cm³/mol. The number of aromatic hydroxyl groups is 1. The van der Waals surface area contributed by atoms with Crippen molar-refractivity contribution in [2.75, 3.05) is 5.32 Å². The van der Waals surface area contributed by atoms with Crippen LogP contribution in [0.4, 0.5) is 5.69 Å². The second-order valence-electron chi connectivity index (χ2n) is 5.64. The molecule has 3 N–H and O–H groups in total. The van der Waals surface area contributed by atoms with Crippen LogP contribution >= 0.6 is 23.2 Å². The average Bonchev–Trinajstić information content (AvgIpc) is 2.86. The smallest absolute Gasteiger partial charge is 0.257 e. The van der Waals surface area contributed by atoms with E-state index in [-0.39, 0.29) is 27.6 Å². The Morgan fingerprint density at radius 2 is 1.72 bits per heavy atom. The molecule has 2 heterocycles. The number of phenolic OH excluding ortho intramolecular Hbond substituents is 1. The number of hydrogen-bond donors (Lipinski definition) is 3. The Labute approximate surface area is 152 Å². The molecule has 2 aromatic carbocycles. The van der Waals surface area contributed by atoms with Crippen molar-refractivity contribution in [1.29, 1.82) is 0 Å². The summed E-state index contributed by atoms with van der Waals surface area (Å²) in [4.78, 5) is 23.9. The van der Waals surface area contributed by atoms with Gasteiger partial charge in [-0.1, -0.05) is 29.3 Å². The Balaban J connectivity index is 1.81. The molecule has 0 saturated heterocycles. The minimum atomic E-state index is -0.264. The molecule has 124 valence electrons. The first-order valence-corrected chi connectivity index (χ1v) is 8.06. The van der Waals surface area contributed by atoms with Crippen LogP contribution in [0, 0.1) is 0 Å². The van der Waals surface area contributed by atoms with E-state index in [2.05, 4.69) is 10.6 Å². The van der Waals surface area contributed by atoms with Crippen LogP contribution in [0.15, 0.2) is 36.5 Å². The summed E-state index contributed by atoms with van der Waals surface area (Å²) in [7, 11) is 0. The number of hydrogen-bond acceptors (Lipinski definition) is 3. The highest BCUT2D eigenvalue weighted by Gasteiger charge is 2.27. The van der Waals surface area contributed by atoms with E-state index in [9.17, 15) is 14.7 Å². The molecule has 0 atom stereocenters. The molecule has 0 radical (unpaired) electrons. The second kappa shape index (κ2) is 5.65. The van der Waals surface area contributed by atoms with Gasteiger partial charge < -0.3 is 15.7 Å². The molecule has 0 aromatic heterocycles. The van der Waals surface area contributed by atoms with E-state index in [0.717, 1.165) is 5.56 Å². The van der Waals surface area contributed by atoms with Gasteiger partial charge in [0.15, 0.2) is 5.75 Å². The Morgan fingerprint density at radius 1 is 1.00 bits per heavy atom. The Hall–Kier alpha value is -2.76. The molecule has 2 amide bonds. The fourth-order valence-corrected chi connectivity index (χ4v) is 3.26. The van der Waals surface area contributed by atoms with Gasteiger partial charge in [0.25, 0.3) is 11.8 Å². The summed E-state index contributed by atoms with van der Waals surface area (Å²) in [5, 5.41) is 15.2. The van der Waals surface area contributed by atoms with Crippen LogP contribution < -0.4 is 10.6 Å². The summed E-state index contributed by atoms with van der Waals surface area (Å²) in [6.07, 6.45) is 3.26. The van der Waals surface area contributed by atoms with E-state index in [0.29, 0.717) is 28.0 Å². The zero-order valence-electron chi connectivity index (χ0n) is 12.6. The van der Waals surface area contributed by atoms with Crippen LogP contribution in [-0.4, -0.2) is 16.9 Å². The molecule has 25 heavy (non-hydrogen) atoms. The second-order valence-corrected chi connectivity index (χ2v) is 6.45. The lowest BCUT2D eigenvalue weighted by atomic mass is 9.96. The monoisotopic (exact) mass is 372 g/mol. The third kappa shape index (κ3) is 2.58. The van der Waals surface area contributed by atoms with E-state index in [1.54, 1.807) is 30.5 Å². The number of anilines is 1. The molecule has 0 fully saturated rings. The zero-order chi connectivity index (χ0) is 17.7. The molecule has 0 aliphatic carbocycles. The lowest BCUT2D eigenvalue weighted by Crippen LogP contribution is -2.28. The Bertz CT molecular complexity index is 1000. The molecular weight excluding hydrogens is 363 g/mol. The van der Waals surface area contributed by atoms with Gasteiger partial charge in [-0.3, -0.25) is 9.59 Å². The van der Waals surface area contributed by atoms with Crippen LogP contribution in [0.3, 0.4) is 0 Å². The molecule has 4 rings (SSSR count). The largest absolute Gasteiger partial charge is 0.505 e. The molecule has 2 aromatic rings. The zero-order valence-corrected chi connectivity index (χ0v) is 14.1. The van der Waals surface area contributed by atoms with Gasteiger partial charge in [-0.25, -0.2) is 0 Å². The van der Waals surface area contributed by atoms with Crippen molar-refractivity contribution in [3.8, 4) is 5.75 Å². The highest BCUT2D eigenvalue weighted by molar-refractivity contribution is 6.38. The van der Waals surface area contributed by atoms with E-state index in [1.165, 1.54) is 12.1 Å². The number of carbonyl (C=O) groups is 2. The van der Waals surface area contributed by atoms with Gasteiger partial charge >= 0.3 is 0 Å². The van der Waals surface area contributed by atoms with Crippen LogP contribution in [0.25, 0.3) is 17.2 Å². The number of amides is 2. The van der Waals surface area contributed by atoms with E-state index < -0.39 is 0 Å². The van der Waals surface area contributed by atoms with Gasteiger partial charge in [0, 0.05) is 23.0 Å². The normalized spacial score (nSPS) is 16.9. The van der Waals surface area contributed by atoms with Gasteiger partial charge in [-0.05, 0) is 41.5 Å². The number of phenols is 1. The number of fused-ring (bicyclic) bond motifs is 1. The highest BCUT2D eigenvalue weighted by atomic mass is 35.5. The van der Waals surface area contributed by atoms with Crippen LogP contribution in [0.5, 0.6) is 5.75 Å². The van der Waals surface area contributed by atoms with E-state index in [4.69, 9.17) is 23.2 Å². The molecule has 2 aliphatic rings. The first-order chi connectivity index (χ1) is 11.9. The molecule has 0 unspecified atom stereocenters. The van der Waals surface area contributed by atoms with Gasteiger partial charge in [0.1, 0.15) is 0 Å². The number of rotatable bonds is 2. The molecule has 0 saturated carbocycles. The molecular formula is C18H10Cl2N2O3. The van der Waals surface area contributed by atoms with Gasteiger partial charge in [0.2, 0.25) is 0 Å². The van der Waals surface area contributed by atoms with Crippen molar-refractivity contribution in [2.45, 2.75) is 0 Å². The quantitative estimate of drug-likeness (QED) is 0.703. The minimum absolute atomic E-state index is 0.100. The van der Waals surface area contributed by atoms with Crippen LogP contribution in [-0.2, 0) is 9.59 Å². The number of carbonyl (C=O) groups excluding carboxylic acids is 2. The molecule has 2 aliphatic heterocycles. The van der Waals surface area contributed by atoms with Gasteiger partial charge in [0.05, 0.1) is 15.6 Å². The SMILES string of the molecule is O=C1NC=C1c1ccc2c(c1)/C(=C/c1cc(Cl)c(O)c(Cl)c1)C(=O)N2. The number of halogens is 2. The highest BCUT2D eigenvalue weighted by Crippen LogP contribution is 2.38. The van der Waals surface area contributed by atoms with Crippen molar-refractivity contribution in [3.63, 3.8) is 0 Å². The lowest BCUT2D eigenvalue weighted by Gasteiger charge is -2.15. The lowest BCUT2D eigenvalue weighted by molar-refractivity contribution is -0.116. The number of benzene rings is 2. The Morgan fingerprint density at radius 3 is 2.32 bits per heavy atom. The summed E-state index contributed by atoms with van der Waals surface area (Å²) in [6.45, 7) is 0. The maximum atomic E-state index is 12.3. The standard InChI is InChI=1S/C18H10Cl2N2O3/c19-13-4-8(5-14(20)16(13)23)3-11-10-6-9(12-7-21-17(12)24)1-2-15(10)22-18(11)25/h1-7,23H,(H,21,24)(H,22,25)/b11-3-. The van der Waals surface area contributed by atoms with Crippen molar-refractivity contribution in [2.24, 2.45) is 0 Å². The summed E-state index contributed by atoms with van der Waals surface area (Å²) < 4.78 is 0. The summed E-state index contributed by atoms with van der Waals surface area (Å²) >= 11 is 11.9. The molecule has 7 heteroatoms. The predicted octanol–water partition coefficient (Wildman–Crippen LogP) is 3.66. The summed E-state index contributed by atoms with van der Waals surface area (Å²) in [5.41, 5.74) is 3.65. The Kier molecular flexibility index (Phi) is 3.56. The minimum Gasteiger partial charge on any atom is -0.505 e. The molecule has 5 nitrogen and oxygen atoms in total. The third-order valence-electron chi connectivity index (χ3n) is 4.06. The average molecular weight is 373 g/mol. The van der Waals surface area contributed by atoms with Crippen molar-refractivity contribution in [1.82, 2.24) is 5.32 Å². The van der Waals surface area contributed by atoms with Crippen molar-refractivity contribution in [3.05, 3.63) is 63.3 Å². The molecule has 0 bridgehead atoms. The summed E-state index contributed by atoms with van der Waals surface area (Å²) in [6, 6.07) is 8.36. The first kappa shape index (κ1) is 15.7. The maximum absolute atomic E-state index is 12.3. The fraction of sp³-hybridized carbons (Fsp3) is 0. The summed E-state index contributed by atoms with van der Waals surface area (Å²) in [5.74, 6) is -0.619. The fourth-order valence-electron chi connectivity index (χ4n) is 2.75.